The highest BCUT2D eigenvalue weighted by Gasteiger charge is 2.42. The highest BCUT2D eigenvalue weighted by molar-refractivity contribution is 5.91. The van der Waals surface area contributed by atoms with Crippen molar-refractivity contribution in [1.29, 1.82) is 0 Å². The fraction of sp³-hybridized carbons (Fsp3) is 0.577. The SMILES string of the molecule is CC1(C)OC[C@H](COc2ccnc(NC(=O)N3C4=C(C=CC(C(=O)NCC5CC5)N4)N4CC[C@H]3C4)c2)O1. The average molecular weight is 511 g/mol. The second kappa shape index (κ2) is 9.53. The molecule has 1 aromatic rings. The van der Waals surface area contributed by atoms with Crippen molar-refractivity contribution in [3.8, 4) is 5.75 Å². The minimum absolute atomic E-state index is 0.00947. The smallest absolute Gasteiger partial charge is 0.328 e. The number of fused-ring (bicyclic) bond motifs is 3. The molecule has 4 aliphatic heterocycles. The Morgan fingerprint density at radius 2 is 2.16 bits per heavy atom. The first-order valence-electron chi connectivity index (χ1n) is 13.1. The van der Waals surface area contributed by atoms with Crippen LogP contribution in [0.1, 0.15) is 33.1 Å². The molecule has 5 aliphatic rings. The maximum absolute atomic E-state index is 13.5. The number of carbonyl (C=O) groups excluding carboxylic acids is 2. The molecule has 0 spiro atoms. The number of rotatable bonds is 7. The van der Waals surface area contributed by atoms with E-state index in [0.29, 0.717) is 43.1 Å². The Hall–Kier alpha value is -3.31. The van der Waals surface area contributed by atoms with Crippen LogP contribution in [-0.4, -0.2) is 83.5 Å². The normalized spacial score (nSPS) is 27.6. The molecule has 11 heteroatoms. The van der Waals surface area contributed by atoms with Gasteiger partial charge in [0.25, 0.3) is 0 Å². The number of aromatic nitrogens is 1. The predicted molar refractivity (Wildman–Crippen MR) is 134 cm³/mol. The Balaban J connectivity index is 1.12. The number of urea groups is 1. The lowest BCUT2D eigenvalue weighted by atomic mass is 10.1. The largest absolute Gasteiger partial charge is 0.491 e. The van der Waals surface area contributed by atoms with E-state index in [1.165, 1.54) is 12.8 Å². The van der Waals surface area contributed by atoms with Gasteiger partial charge in [0.05, 0.1) is 18.3 Å². The van der Waals surface area contributed by atoms with Crippen molar-refractivity contribution in [2.24, 2.45) is 5.92 Å². The number of pyridine rings is 1. The molecule has 198 valence electrons. The van der Waals surface area contributed by atoms with Crippen LogP contribution in [0.25, 0.3) is 0 Å². The highest BCUT2D eigenvalue weighted by Crippen LogP contribution is 2.34. The van der Waals surface area contributed by atoms with Gasteiger partial charge in [-0.1, -0.05) is 6.08 Å². The molecule has 3 amide bonds. The molecule has 2 bridgehead atoms. The Morgan fingerprint density at radius 3 is 2.95 bits per heavy atom. The second-order valence-electron chi connectivity index (χ2n) is 10.7. The van der Waals surface area contributed by atoms with Crippen molar-refractivity contribution < 1.29 is 23.8 Å². The third-order valence-electron chi connectivity index (χ3n) is 7.32. The fourth-order valence-corrected chi connectivity index (χ4v) is 5.21. The minimum atomic E-state index is -0.609. The van der Waals surface area contributed by atoms with Crippen molar-refractivity contribution in [1.82, 2.24) is 25.4 Å². The first-order valence-corrected chi connectivity index (χ1v) is 13.1. The number of hydrogen-bond donors (Lipinski definition) is 3. The molecule has 3 fully saturated rings. The molecule has 1 aromatic heterocycles. The summed E-state index contributed by atoms with van der Waals surface area (Å²) in [6.07, 6.45) is 8.47. The maximum Gasteiger partial charge on any atom is 0.328 e. The highest BCUT2D eigenvalue weighted by atomic mass is 16.7. The molecule has 0 aromatic carbocycles. The van der Waals surface area contributed by atoms with Gasteiger partial charge in [-0.25, -0.2) is 9.78 Å². The lowest BCUT2D eigenvalue weighted by Crippen LogP contribution is -2.56. The van der Waals surface area contributed by atoms with Gasteiger partial charge in [-0.2, -0.15) is 0 Å². The summed E-state index contributed by atoms with van der Waals surface area (Å²) in [5, 5.41) is 9.27. The molecule has 1 unspecified atom stereocenters. The molecule has 3 N–H and O–H groups in total. The summed E-state index contributed by atoms with van der Waals surface area (Å²) in [7, 11) is 0. The van der Waals surface area contributed by atoms with Crippen LogP contribution >= 0.6 is 0 Å². The average Bonchev–Trinajstić information content (AvgIpc) is 3.52. The van der Waals surface area contributed by atoms with Gasteiger partial charge in [0.15, 0.2) is 5.79 Å². The number of amides is 3. The second-order valence-corrected chi connectivity index (χ2v) is 10.7. The summed E-state index contributed by atoms with van der Waals surface area (Å²) in [4.78, 5) is 34.6. The van der Waals surface area contributed by atoms with Crippen LogP contribution in [0.4, 0.5) is 10.6 Å². The molecule has 37 heavy (non-hydrogen) atoms. The number of nitrogens with one attached hydrogen (secondary N) is 3. The first-order chi connectivity index (χ1) is 17.8. The van der Waals surface area contributed by atoms with Crippen molar-refractivity contribution >= 4 is 17.8 Å². The number of dihydropyridines is 1. The molecular formula is C26H34N6O5. The molecule has 5 heterocycles. The van der Waals surface area contributed by atoms with Gasteiger partial charge in [-0.15, -0.1) is 0 Å². The zero-order chi connectivity index (χ0) is 25.6. The van der Waals surface area contributed by atoms with E-state index < -0.39 is 11.8 Å². The van der Waals surface area contributed by atoms with Gasteiger partial charge in [-0.05, 0) is 51.2 Å². The van der Waals surface area contributed by atoms with Gasteiger partial charge in [-0.3, -0.25) is 15.0 Å². The van der Waals surface area contributed by atoms with Gasteiger partial charge < -0.3 is 29.7 Å². The quantitative estimate of drug-likeness (QED) is 0.508. The van der Waals surface area contributed by atoms with Gasteiger partial charge in [0.1, 0.15) is 36.1 Å². The summed E-state index contributed by atoms with van der Waals surface area (Å²) in [5.41, 5.74) is 0.932. The first kappa shape index (κ1) is 24.1. The van der Waals surface area contributed by atoms with E-state index in [4.69, 9.17) is 14.2 Å². The molecule has 11 nitrogen and oxygen atoms in total. The van der Waals surface area contributed by atoms with Crippen molar-refractivity contribution in [3.63, 3.8) is 0 Å². The number of carbonyl (C=O) groups is 2. The Kier molecular flexibility index (Phi) is 6.20. The van der Waals surface area contributed by atoms with Gasteiger partial charge in [0, 0.05) is 31.9 Å². The van der Waals surface area contributed by atoms with Crippen LogP contribution in [0.2, 0.25) is 0 Å². The summed E-state index contributed by atoms with van der Waals surface area (Å²) in [5.74, 6) is 1.54. The molecule has 2 saturated heterocycles. The van der Waals surface area contributed by atoms with E-state index in [2.05, 4.69) is 25.8 Å². The molecule has 3 atom stereocenters. The number of allylic oxidation sites excluding steroid dienone is 1. The summed E-state index contributed by atoms with van der Waals surface area (Å²) < 4.78 is 17.2. The lowest BCUT2D eigenvalue weighted by molar-refractivity contribution is -0.141. The topological polar surface area (TPSA) is 117 Å². The number of nitrogens with zero attached hydrogens (tertiary/aromatic N) is 3. The molecule has 0 radical (unpaired) electrons. The summed E-state index contributed by atoms with van der Waals surface area (Å²) in [6, 6.07) is 2.63. The minimum Gasteiger partial charge on any atom is -0.491 e. The third-order valence-corrected chi connectivity index (χ3v) is 7.32. The van der Waals surface area contributed by atoms with Crippen molar-refractivity contribution in [2.45, 2.75) is 57.1 Å². The molecule has 6 rings (SSSR count). The molecular weight excluding hydrogens is 476 g/mol. The number of hydrogen-bond acceptors (Lipinski definition) is 8. The zero-order valence-corrected chi connectivity index (χ0v) is 21.2. The van der Waals surface area contributed by atoms with Crippen LogP contribution < -0.4 is 20.7 Å². The van der Waals surface area contributed by atoms with Crippen LogP contribution in [0, 0.1) is 5.92 Å². The van der Waals surface area contributed by atoms with Crippen LogP contribution in [0.15, 0.2) is 42.0 Å². The lowest BCUT2D eigenvalue weighted by Gasteiger charge is -2.40. The fourth-order valence-electron chi connectivity index (χ4n) is 5.21. The van der Waals surface area contributed by atoms with Crippen LogP contribution in [0.5, 0.6) is 5.75 Å². The summed E-state index contributed by atoms with van der Waals surface area (Å²) >= 11 is 0. The summed E-state index contributed by atoms with van der Waals surface area (Å²) in [6.45, 7) is 6.87. The van der Waals surface area contributed by atoms with Crippen molar-refractivity contribution in [3.05, 3.63) is 42.0 Å². The van der Waals surface area contributed by atoms with E-state index in [1.54, 1.807) is 23.2 Å². The molecule has 1 saturated carbocycles. The van der Waals surface area contributed by atoms with E-state index in [0.717, 1.165) is 25.2 Å². The van der Waals surface area contributed by atoms with E-state index >= 15 is 0 Å². The van der Waals surface area contributed by atoms with E-state index in [9.17, 15) is 9.59 Å². The monoisotopic (exact) mass is 510 g/mol. The van der Waals surface area contributed by atoms with Crippen LogP contribution in [0.3, 0.4) is 0 Å². The number of anilines is 1. The Bertz CT molecular complexity index is 1130. The Labute approximate surface area is 216 Å². The van der Waals surface area contributed by atoms with E-state index in [-0.39, 0.29) is 24.1 Å². The Morgan fingerprint density at radius 1 is 1.30 bits per heavy atom. The van der Waals surface area contributed by atoms with Crippen molar-refractivity contribution in [2.75, 3.05) is 38.2 Å². The third kappa shape index (κ3) is 5.24. The molecule has 1 aliphatic carbocycles. The number of ether oxygens (including phenoxy) is 3. The zero-order valence-electron chi connectivity index (χ0n) is 21.2. The maximum atomic E-state index is 13.5. The van der Waals surface area contributed by atoms with Crippen LogP contribution in [-0.2, 0) is 14.3 Å². The van der Waals surface area contributed by atoms with Gasteiger partial charge in [0.2, 0.25) is 5.91 Å². The standard InChI is InChI=1S/C26H34N6O5/c1-26(2)36-15-19(37-26)14-35-18-7-9-27-22(11-18)30-25(34)32-17-8-10-31(13-17)21-6-5-20(29-23(21)32)24(33)28-12-16-3-4-16/h5-7,9,11,16-17,19-20,29H,3-4,8,10,12-15H2,1-2H3,(H,28,33)(H,27,30,34)/t17-,19-,20?/m0/s1. The van der Waals surface area contributed by atoms with Gasteiger partial charge >= 0.3 is 6.03 Å². The van der Waals surface area contributed by atoms with E-state index in [1.807, 2.05) is 26.0 Å². The predicted octanol–water partition coefficient (Wildman–Crippen LogP) is 1.76.